The third-order valence-electron chi connectivity index (χ3n) is 6.74. The summed E-state index contributed by atoms with van der Waals surface area (Å²) in [7, 11) is 1.77. The average molecular weight is 348 g/mol. The molecule has 0 amide bonds. The van der Waals surface area contributed by atoms with Crippen molar-refractivity contribution in [1.29, 1.82) is 0 Å². The number of aryl methyl sites for hydroxylation is 1. The third kappa shape index (κ3) is 2.79. The zero-order valence-corrected chi connectivity index (χ0v) is 15.6. The van der Waals surface area contributed by atoms with Crippen LogP contribution in [0.2, 0.25) is 0 Å². The molecule has 2 aromatic carbocycles. The highest BCUT2D eigenvalue weighted by molar-refractivity contribution is 5.49. The molecule has 0 N–H and O–H groups in total. The van der Waals surface area contributed by atoms with Crippen molar-refractivity contribution in [3.8, 4) is 5.75 Å². The van der Waals surface area contributed by atoms with Crippen LogP contribution in [0.5, 0.6) is 5.75 Å². The smallest absolute Gasteiger partial charge is 0.119 e. The highest BCUT2D eigenvalue weighted by Crippen LogP contribution is 2.39. The molecule has 3 nitrogen and oxygen atoms in total. The number of rotatable bonds is 4. The van der Waals surface area contributed by atoms with Gasteiger partial charge in [0.15, 0.2) is 0 Å². The summed E-state index contributed by atoms with van der Waals surface area (Å²) in [5.41, 5.74) is 4.47. The number of benzene rings is 2. The number of hydrogen-bond donors (Lipinski definition) is 0. The summed E-state index contributed by atoms with van der Waals surface area (Å²) in [6.07, 6.45) is 5.21. The topological polar surface area (TPSA) is 15.7 Å². The molecule has 0 saturated carbocycles. The standard InChI is InChI=1S/C23H28N2O/c1-26-22-12-9-17-7-8-18(23(17)13-22)14-24-15-21-11-10-20(24)16-25(21)19-5-3-2-4-6-19/h2-6,9,12-13,18,20-21H,7-8,10-11,14-16H2,1H3/t18-,20+,21+/m0/s1. The second kappa shape index (κ2) is 6.62. The van der Waals surface area contributed by atoms with Gasteiger partial charge in [0, 0.05) is 37.4 Å². The molecule has 1 aliphatic carbocycles. The van der Waals surface area contributed by atoms with E-state index in [1.54, 1.807) is 7.11 Å². The SMILES string of the molecule is COc1ccc2c(c1)[C@H](CN1C[C@H]3CC[C@@H]1CN3c1ccccc1)CC2. The summed E-state index contributed by atoms with van der Waals surface area (Å²) in [6, 6.07) is 19.0. The quantitative estimate of drug-likeness (QED) is 0.828. The van der Waals surface area contributed by atoms with Crippen LogP contribution in [0.3, 0.4) is 0 Å². The zero-order chi connectivity index (χ0) is 17.5. The third-order valence-corrected chi connectivity index (χ3v) is 6.74. The fraction of sp³-hybridized carbons (Fsp3) is 0.478. The van der Waals surface area contributed by atoms with Crippen molar-refractivity contribution in [2.45, 2.75) is 43.7 Å². The number of nitrogens with zero attached hydrogens (tertiary/aromatic N) is 2. The monoisotopic (exact) mass is 348 g/mol. The minimum atomic E-state index is 0.671. The van der Waals surface area contributed by atoms with Crippen LogP contribution in [0.25, 0.3) is 0 Å². The molecule has 26 heavy (non-hydrogen) atoms. The maximum atomic E-state index is 5.47. The molecule has 3 aliphatic heterocycles. The van der Waals surface area contributed by atoms with Gasteiger partial charge in [0.05, 0.1) is 7.11 Å². The van der Waals surface area contributed by atoms with Gasteiger partial charge in [0.1, 0.15) is 5.75 Å². The molecule has 3 saturated heterocycles. The second-order valence-corrected chi connectivity index (χ2v) is 8.13. The van der Waals surface area contributed by atoms with Gasteiger partial charge < -0.3 is 9.64 Å². The van der Waals surface area contributed by atoms with Gasteiger partial charge in [0.25, 0.3) is 0 Å². The summed E-state index contributed by atoms with van der Waals surface area (Å²) >= 11 is 0. The number of fused-ring (bicyclic) bond motifs is 4. The molecule has 3 heteroatoms. The van der Waals surface area contributed by atoms with Gasteiger partial charge in [-0.3, -0.25) is 4.90 Å². The molecule has 3 atom stereocenters. The maximum absolute atomic E-state index is 5.47. The first kappa shape index (κ1) is 16.2. The van der Waals surface area contributed by atoms with Crippen LogP contribution < -0.4 is 9.64 Å². The van der Waals surface area contributed by atoms with E-state index in [0.717, 1.165) is 5.75 Å². The first-order chi connectivity index (χ1) is 12.8. The lowest BCUT2D eigenvalue weighted by molar-refractivity contribution is 0.0894. The van der Waals surface area contributed by atoms with Gasteiger partial charge in [-0.1, -0.05) is 24.3 Å². The largest absolute Gasteiger partial charge is 0.497 e. The zero-order valence-electron chi connectivity index (χ0n) is 15.6. The number of hydrogen-bond acceptors (Lipinski definition) is 3. The summed E-state index contributed by atoms with van der Waals surface area (Å²) in [5, 5.41) is 0. The van der Waals surface area contributed by atoms with Crippen LogP contribution >= 0.6 is 0 Å². The highest BCUT2D eigenvalue weighted by Gasteiger charge is 2.40. The van der Waals surface area contributed by atoms with E-state index in [-0.39, 0.29) is 0 Å². The van der Waals surface area contributed by atoms with Crippen LogP contribution in [-0.4, -0.2) is 43.7 Å². The van der Waals surface area contributed by atoms with Crippen molar-refractivity contribution in [2.75, 3.05) is 31.6 Å². The van der Waals surface area contributed by atoms with Crippen LogP contribution in [0.1, 0.15) is 36.3 Å². The van der Waals surface area contributed by atoms with Crippen molar-refractivity contribution in [3.05, 3.63) is 59.7 Å². The van der Waals surface area contributed by atoms with Gasteiger partial charge in [-0.25, -0.2) is 0 Å². The van der Waals surface area contributed by atoms with E-state index >= 15 is 0 Å². The van der Waals surface area contributed by atoms with Gasteiger partial charge in [-0.05, 0) is 67.0 Å². The molecule has 6 rings (SSSR count). The molecule has 3 heterocycles. The maximum Gasteiger partial charge on any atom is 0.119 e. The Labute approximate surface area is 156 Å². The highest BCUT2D eigenvalue weighted by atomic mass is 16.5. The number of piperidine rings is 2. The fourth-order valence-corrected chi connectivity index (χ4v) is 5.34. The first-order valence-electron chi connectivity index (χ1n) is 10.0. The number of methoxy groups -OCH3 is 1. The van der Waals surface area contributed by atoms with Gasteiger partial charge >= 0.3 is 0 Å². The average Bonchev–Trinajstić information content (AvgIpc) is 3.11. The molecular weight excluding hydrogens is 320 g/mol. The Hall–Kier alpha value is -2.00. The van der Waals surface area contributed by atoms with Crippen molar-refractivity contribution in [1.82, 2.24) is 4.90 Å². The van der Waals surface area contributed by atoms with E-state index in [2.05, 4.69) is 58.3 Å². The molecule has 3 fully saturated rings. The molecule has 2 bridgehead atoms. The Morgan fingerprint density at radius 1 is 0.962 bits per heavy atom. The van der Waals surface area contributed by atoms with E-state index in [1.165, 1.54) is 62.1 Å². The van der Waals surface area contributed by atoms with Crippen molar-refractivity contribution < 1.29 is 4.74 Å². The Balaban J connectivity index is 1.31. The summed E-state index contributed by atoms with van der Waals surface area (Å²) in [6.45, 7) is 3.62. The molecule has 0 radical (unpaired) electrons. The molecular formula is C23H28N2O. The number of para-hydroxylation sites is 1. The first-order valence-corrected chi connectivity index (χ1v) is 10.0. The predicted molar refractivity (Wildman–Crippen MR) is 106 cm³/mol. The Morgan fingerprint density at radius 2 is 1.81 bits per heavy atom. The minimum absolute atomic E-state index is 0.671. The van der Waals surface area contributed by atoms with Gasteiger partial charge in [0.2, 0.25) is 0 Å². The molecule has 2 aromatic rings. The van der Waals surface area contributed by atoms with Crippen molar-refractivity contribution in [2.24, 2.45) is 0 Å². The normalized spacial score (nSPS) is 27.6. The minimum Gasteiger partial charge on any atom is -0.497 e. The van der Waals surface area contributed by atoms with Crippen LogP contribution in [-0.2, 0) is 6.42 Å². The molecule has 0 unspecified atom stereocenters. The Kier molecular flexibility index (Phi) is 4.12. The summed E-state index contributed by atoms with van der Waals surface area (Å²) in [5.74, 6) is 1.68. The molecule has 136 valence electrons. The number of ether oxygens (including phenoxy) is 1. The van der Waals surface area contributed by atoms with Crippen LogP contribution in [0.15, 0.2) is 48.5 Å². The molecule has 0 spiro atoms. The molecule has 0 aromatic heterocycles. The second-order valence-electron chi connectivity index (χ2n) is 8.13. The number of piperazine rings is 1. The summed E-state index contributed by atoms with van der Waals surface area (Å²) < 4.78 is 5.47. The lowest BCUT2D eigenvalue weighted by Crippen LogP contribution is -2.63. The van der Waals surface area contributed by atoms with E-state index in [4.69, 9.17) is 4.74 Å². The predicted octanol–water partition coefficient (Wildman–Crippen LogP) is 4.08. The fourth-order valence-electron chi connectivity index (χ4n) is 5.34. The van der Waals surface area contributed by atoms with Crippen LogP contribution in [0.4, 0.5) is 5.69 Å². The lowest BCUT2D eigenvalue weighted by atomic mass is 9.88. The van der Waals surface area contributed by atoms with Crippen molar-refractivity contribution >= 4 is 5.69 Å². The van der Waals surface area contributed by atoms with Crippen molar-refractivity contribution in [3.63, 3.8) is 0 Å². The van der Waals surface area contributed by atoms with E-state index in [0.29, 0.717) is 18.0 Å². The van der Waals surface area contributed by atoms with E-state index < -0.39 is 0 Å². The van der Waals surface area contributed by atoms with Gasteiger partial charge in [-0.2, -0.15) is 0 Å². The van der Waals surface area contributed by atoms with Crippen LogP contribution in [0, 0.1) is 0 Å². The Bertz CT molecular complexity index is 775. The van der Waals surface area contributed by atoms with E-state index in [9.17, 15) is 0 Å². The van der Waals surface area contributed by atoms with Gasteiger partial charge in [-0.15, -0.1) is 0 Å². The number of anilines is 1. The summed E-state index contributed by atoms with van der Waals surface area (Å²) in [4.78, 5) is 5.43. The van der Waals surface area contributed by atoms with E-state index in [1.807, 2.05) is 0 Å². The Morgan fingerprint density at radius 3 is 2.58 bits per heavy atom. The lowest BCUT2D eigenvalue weighted by Gasteiger charge is -2.53. The molecule has 4 aliphatic rings.